The van der Waals surface area contributed by atoms with Crippen molar-refractivity contribution < 1.29 is 4.79 Å². The number of carbonyl (C=O) groups excluding carboxylic acids is 1. The Balaban J connectivity index is 2.24. The molecule has 1 rings (SSSR count). The standard InChI is InChI=1S/C11H20ClNOS/c1-3-9(12)5-7-13-10(14)11(2)6-4-8-15-11/h9H,3-8H2,1-2H3,(H,13,14). The maximum atomic E-state index is 11.9. The number of nitrogens with one attached hydrogen (secondary N) is 1. The summed E-state index contributed by atoms with van der Waals surface area (Å²) in [6, 6.07) is 0. The van der Waals surface area contributed by atoms with E-state index in [0.717, 1.165) is 31.4 Å². The SMILES string of the molecule is CCC(Cl)CCNC(=O)C1(C)CCCS1. The molecule has 0 aromatic rings. The van der Waals surface area contributed by atoms with E-state index in [0.29, 0.717) is 6.54 Å². The Kier molecular flexibility index (Phi) is 5.27. The van der Waals surface area contributed by atoms with Crippen LogP contribution in [0.2, 0.25) is 0 Å². The molecule has 1 aliphatic heterocycles. The highest BCUT2D eigenvalue weighted by molar-refractivity contribution is 8.01. The molecule has 1 heterocycles. The fraction of sp³-hybridized carbons (Fsp3) is 0.909. The molecular weight excluding hydrogens is 230 g/mol. The van der Waals surface area contributed by atoms with Crippen molar-refractivity contribution in [3.63, 3.8) is 0 Å². The molecule has 0 aromatic heterocycles. The van der Waals surface area contributed by atoms with Crippen LogP contribution in [0.25, 0.3) is 0 Å². The molecule has 0 saturated carbocycles. The van der Waals surface area contributed by atoms with Gasteiger partial charge in [0.2, 0.25) is 5.91 Å². The molecule has 88 valence electrons. The van der Waals surface area contributed by atoms with E-state index in [1.807, 2.05) is 6.92 Å². The molecule has 0 aromatic carbocycles. The first-order valence-electron chi connectivity index (χ1n) is 5.65. The van der Waals surface area contributed by atoms with Crippen molar-refractivity contribution in [2.75, 3.05) is 12.3 Å². The van der Waals surface area contributed by atoms with Gasteiger partial charge in [-0.2, -0.15) is 0 Å². The zero-order valence-corrected chi connectivity index (χ0v) is 11.1. The van der Waals surface area contributed by atoms with E-state index in [9.17, 15) is 4.79 Å². The lowest BCUT2D eigenvalue weighted by Gasteiger charge is -2.21. The molecule has 1 fully saturated rings. The van der Waals surface area contributed by atoms with E-state index >= 15 is 0 Å². The van der Waals surface area contributed by atoms with Gasteiger partial charge in [0.25, 0.3) is 0 Å². The number of rotatable bonds is 5. The average Bonchev–Trinajstić information content (AvgIpc) is 2.66. The van der Waals surface area contributed by atoms with Gasteiger partial charge in [-0.3, -0.25) is 4.79 Å². The quantitative estimate of drug-likeness (QED) is 0.760. The highest BCUT2D eigenvalue weighted by Gasteiger charge is 2.36. The monoisotopic (exact) mass is 249 g/mol. The minimum atomic E-state index is -0.186. The van der Waals surface area contributed by atoms with Gasteiger partial charge in [0.05, 0.1) is 4.75 Å². The van der Waals surface area contributed by atoms with Crippen molar-refractivity contribution in [3.8, 4) is 0 Å². The smallest absolute Gasteiger partial charge is 0.235 e. The number of halogens is 1. The van der Waals surface area contributed by atoms with Gasteiger partial charge in [0.1, 0.15) is 0 Å². The van der Waals surface area contributed by atoms with Crippen LogP contribution in [0, 0.1) is 0 Å². The van der Waals surface area contributed by atoms with Crippen LogP contribution in [0.3, 0.4) is 0 Å². The van der Waals surface area contributed by atoms with Gasteiger partial charge >= 0.3 is 0 Å². The molecule has 4 heteroatoms. The number of hydrogen-bond acceptors (Lipinski definition) is 2. The Hall–Kier alpha value is 0.110. The predicted octanol–water partition coefficient (Wildman–Crippen LogP) is 2.80. The molecule has 0 radical (unpaired) electrons. The van der Waals surface area contributed by atoms with Crippen LogP contribution in [-0.2, 0) is 4.79 Å². The van der Waals surface area contributed by atoms with Crippen LogP contribution in [0.1, 0.15) is 39.5 Å². The van der Waals surface area contributed by atoms with Crippen LogP contribution in [0.4, 0.5) is 0 Å². The van der Waals surface area contributed by atoms with Crippen molar-refractivity contribution in [2.45, 2.75) is 49.7 Å². The number of hydrogen-bond donors (Lipinski definition) is 1. The normalized spacial score (nSPS) is 27.7. The summed E-state index contributed by atoms with van der Waals surface area (Å²) >= 11 is 7.76. The second kappa shape index (κ2) is 6.00. The van der Waals surface area contributed by atoms with Gasteiger partial charge in [0.15, 0.2) is 0 Å². The first kappa shape index (κ1) is 13.2. The van der Waals surface area contributed by atoms with E-state index in [4.69, 9.17) is 11.6 Å². The van der Waals surface area contributed by atoms with Crippen molar-refractivity contribution in [3.05, 3.63) is 0 Å². The van der Waals surface area contributed by atoms with Crippen molar-refractivity contribution >= 4 is 29.3 Å². The van der Waals surface area contributed by atoms with Crippen molar-refractivity contribution in [1.82, 2.24) is 5.32 Å². The minimum Gasteiger partial charge on any atom is -0.355 e. The van der Waals surface area contributed by atoms with Crippen molar-refractivity contribution in [1.29, 1.82) is 0 Å². The largest absolute Gasteiger partial charge is 0.355 e. The van der Waals surface area contributed by atoms with Gasteiger partial charge in [-0.05, 0) is 38.4 Å². The Labute approximate surface area is 102 Å². The average molecular weight is 250 g/mol. The summed E-state index contributed by atoms with van der Waals surface area (Å²) in [5.41, 5.74) is 0. The number of alkyl halides is 1. The second-order valence-corrected chi connectivity index (χ2v) is 6.45. The summed E-state index contributed by atoms with van der Waals surface area (Å²) in [6.45, 7) is 4.81. The number of amides is 1. The number of thioether (sulfide) groups is 1. The van der Waals surface area contributed by atoms with Gasteiger partial charge in [-0.15, -0.1) is 23.4 Å². The third kappa shape index (κ3) is 3.87. The molecule has 0 spiro atoms. The third-order valence-corrected chi connectivity index (χ3v) is 4.93. The Bertz CT molecular complexity index is 217. The first-order valence-corrected chi connectivity index (χ1v) is 7.07. The van der Waals surface area contributed by atoms with Crippen molar-refractivity contribution in [2.24, 2.45) is 0 Å². The predicted molar refractivity (Wildman–Crippen MR) is 67.7 cm³/mol. The second-order valence-electron chi connectivity index (χ2n) is 4.23. The van der Waals surface area contributed by atoms with E-state index in [1.165, 1.54) is 0 Å². The lowest BCUT2D eigenvalue weighted by molar-refractivity contribution is -0.123. The molecule has 0 aliphatic carbocycles. The Morgan fingerprint density at radius 1 is 1.67 bits per heavy atom. The van der Waals surface area contributed by atoms with E-state index in [1.54, 1.807) is 11.8 Å². The van der Waals surface area contributed by atoms with E-state index < -0.39 is 0 Å². The first-order chi connectivity index (χ1) is 7.08. The topological polar surface area (TPSA) is 29.1 Å². The zero-order valence-electron chi connectivity index (χ0n) is 9.51. The molecule has 1 N–H and O–H groups in total. The van der Waals surface area contributed by atoms with Crippen LogP contribution in [0.15, 0.2) is 0 Å². The summed E-state index contributed by atoms with van der Waals surface area (Å²) in [4.78, 5) is 11.9. The Morgan fingerprint density at radius 3 is 2.93 bits per heavy atom. The summed E-state index contributed by atoms with van der Waals surface area (Å²) in [7, 11) is 0. The molecule has 2 nitrogen and oxygen atoms in total. The Morgan fingerprint density at radius 2 is 2.40 bits per heavy atom. The van der Waals surface area contributed by atoms with Crippen LogP contribution in [-0.4, -0.2) is 28.3 Å². The van der Waals surface area contributed by atoms with Crippen LogP contribution in [0.5, 0.6) is 0 Å². The lowest BCUT2D eigenvalue weighted by atomic mass is 10.0. The van der Waals surface area contributed by atoms with Gasteiger partial charge < -0.3 is 5.32 Å². The fourth-order valence-electron chi connectivity index (χ4n) is 1.69. The minimum absolute atomic E-state index is 0.185. The molecule has 2 unspecified atom stereocenters. The molecule has 2 atom stereocenters. The fourth-order valence-corrected chi connectivity index (χ4v) is 3.03. The van der Waals surface area contributed by atoms with Crippen LogP contribution < -0.4 is 5.32 Å². The van der Waals surface area contributed by atoms with Gasteiger partial charge in [-0.25, -0.2) is 0 Å². The number of carbonyl (C=O) groups is 1. The summed E-state index contributed by atoms with van der Waals surface area (Å²) < 4.78 is -0.186. The zero-order chi connectivity index (χ0) is 11.3. The van der Waals surface area contributed by atoms with E-state index in [2.05, 4.69) is 12.2 Å². The highest BCUT2D eigenvalue weighted by Crippen LogP contribution is 2.37. The lowest BCUT2D eigenvalue weighted by Crippen LogP contribution is -2.41. The van der Waals surface area contributed by atoms with Crippen LogP contribution >= 0.6 is 23.4 Å². The maximum Gasteiger partial charge on any atom is 0.235 e. The maximum absolute atomic E-state index is 11.9. The van der Waals surface area contributed by atoms with Gasteiger partial charge in [-0.1, -0.05) is 6.92 Å². The molecule has 1 amide bonds. The third-order valence-electron chi connectivity index (χ3n) is 2.89. The molecular formula is C11H20ClNOS. The molecule has 15 heavy (non-hydrogen) atoms. The molecule has 1 aliphatic rings. The summed E-state index contributed by atoms with van der Waals surface area (Å²) in [6.07, 6.45) is 3.98. The van der Waals surface area contributed by atoms with E-state index in [-0.39, 0.29) is 16.0 Å². The van der Waals surface area contributed by atoms with Gasteiger partial charge in [0, 0.05) is 11.9 Å². The molecule has 1 saturated heterocycles. The molecule has 0 bridgehead atoms. The summed E-state index contributed by atoms with van der Waals surface area (Å²) in [5.74, 6) is 1.29. The summed E-state index contributed by atoms with van der Waals surface area (Å²) in [5, 5.41) is 3.18. The highest BCUT2D eigenvalue weighted by atomic mass is 35.5.